The highest BCUT2D eigenvalue weighted by molar-refractivity contribution is 5.45. The van der Waals surface area contributed by atoms with Gasteiger partial charge < -0.3 is 11.1 Å². The van der Waals surface area contributed by atoms with Crippen molar-refractivity contribution >= 4 is 11.5 Å². The van der Waals surface area contributed by atoms with Crippen molar-refractivity contribution in [1.29, 1.82) is 0 Å². The van der Waals surface area contributed by atoms with E-state index in [4.69, 9.17) is 5.73 Å². The number of hydrogen-bond donors (Lipinski definition) is 2. The number of hydrogen-bond acceptors (Lipinski definition) is 3. The van der Waals surface area contributed by atoms with Gasteiger partial charge in [0.2, 0.25) is 0 Å². The first-order valence-corrected chi connectivity index (χ1v) is 6.19. The molecule has 1 aromatic heterocycles. The Labute approximate surface area is 108 Å². The van der Waals surface area contributed by atoms with Gasteiger partial charge >= 0.3 is 0 Å². The van der Waals surface area contributed by atoms with E-state index in [1.165, 1.54) is 11.1 Å². The zero-order valence-electron chi connectivity index (χ0n) is 10.9. The summed E-state index contributed by atoms with van der Waals surface area (Å²) in [5.41, 5.74) is 9.15. The lowest BCUT2D eigenvalue weighted by atomic mass is 10.0. The number of aromatic nitrogens is 1. The lowest BCUT2D eigenvalue weighted by molar-refractivity contribution is 0.865. The third-order valence-electron chi connectivity index (χ3n) is 2.93. The fourth-order valence-corrected chi connectivity index (χ4v) is 1.73. The van der Waals surface area contributed by atoms with Crippen LogP contribution in [0, 0.1) is 0 Å². The van der Waals surface area contributed by atoms with E-state index in [0.717, 1.165) is 12.2 Å². The molecule has 94 valence electrons. The molecule has 3 N–H and O–H groups in total. The van der Waals surface area contributed by atoms with Gasteiger partial charge in [0.05, 0.1) is 11.9 Å². The molecule has 0 saturated heterocycles. The molecule has 0 aliphatic heterocycles. The molecule has 0 unspecified atom stereocenters. The Kier molecular flexibility index (Phi) is 3.82. The zero-order valence-corrected chi connectivity index (χ0v) is 10.9. The quantitative estimate of drug-likeness (QED) is 0.862. The number of nitrogens with two attached hydrogens (primary N) is 1. The summed E-state index contributed by atoms with van der Waals surface area (Å²) in [6, 6.07) is 12.4. The highest BCUT2D eigenvalue weighted by Crippen LogP contribution is 2.15. The van der Waals surface area contributed by atoms with Crippen molar-refractivity contribution in [1.82, 2.24) is 4.98 Å². The minimum absolute atomic E-state index is 0.543. The van der Waals surface area contributed by atoms with Crippen molar-refractivity contribution in [2.75, 3.05) is 11.1 Å². The predicted molar refractivity (Wildman–Crippen MR) is 76.5 cm³/mol. The molecule has 0 aliphatic rings. The standard InChI is InChI=1S/C15H19N3/c1-11(2)13-5-3-12(4-6-13)9-17-14-7-8-15(16)18-10-14/h3-8,10-11,17H,9H2,1-2H3,(H2,16,18). The lowest BCUT2D eigenvalue weighted by Gasteiger charge is -2.09. The molecular weight excluding hydrogens is 222 g/mol. The summed E-state index contributed by atoms with van der Waals surface area (Å²) in [6.07, 6.45) is 1.75. The van der Waals surface area contributed by atoms with Crippen molar-refractivity contribution in [3.63, 3.8) is 0 Å². The van der Waals surface area contributed by atoms with E-state index in [-0.39, 0.29) is 0 Å². The van der Waals surface area contributed by atoms with E-state index >= 15 is 0 Å². The van der Waals surface area contributed by atoms with Gasteiger partial charge in [-0.2, -0.15) is 0 Å². The predicted octanol–water partition coefficient (Wildman–Crippen LogP) is 3.40. The van der Waals surface area contributed by atoms with Crippen molar-refractivity contribution in [3.8, 4) is 0 Å². The smallest absolute Gasteiger partial charge is 0.123 e. The molecule has 0 saturated carbocycles. The third kappa shape index (κ3) is 3.23. The molecule has 2 aromatic rings. The molecule has 3 nitrogen and oxygen atoms in total. The van der Waals surface area contributed by atoms with Gasteiger partial charge in [-0.3, -0.25) is 0 Å². The van der Waals surface area contributed by atoms with Gasteiger partial charge in [-0.25, -0.2) is 4.98 Å². The van der Waals surface area contributed by atoms with E-state index in [1.54, 1.807) is 12.3 Å². The summed E-state index contributed by atoms with van der Waals surface area (Å²) in [5, 5.41) is 3.32. The Bertz CT molecular complexity index is 486. The average Bonchev–Trinajstić information content (AvgIpc) is 2.38. The van der Waals surface area contributed by atoms with Crippen LogP contribution >= 0.6 is 0 Å². The molecule has 0 spiro atoms. The summed E-state index contributed by atoms with van der Waals surface area (Å²) in [6.45, 7) is 5.20. The van der Waals surface area contributed by atoms with Gasteiger partial charge in [-0.1, -0.05) is 38.1 Å². The van der Waals surface area contributed by atoms with Crippen LogP contribution in [0.2, 0.25) is 0 Å². The number of pyridine rings is 1. The van der Waals surface area contributed by atoms with Crippen molar-refractivity contribution in [2.24, 2.45) is 0 Å². The van der Waals surface area contributed by atoms with Crippen molar-refractivity contribution < 1.29 is 0 Å². The van der Waals surface area contributed by atoms with E-state index in [2.05, 4.69) is 48.4 Å². The molecule has 1 aromatic carbocycles. The van der Waals surface area contributed by atoms with Crippen LogP contribution in [0.3, 0.4) is 0 Å². The Morgan fingerprint density at radius 3 is 2.39 bits per heavy atom. The maximum Gasteiger partial charge on any atom is 0.123 e. The van der Waals surface area contributed by atoms with Crippen LogP contribution < -0.4 is 11.1 Å². The Morgan fingerprint density at radius 1 is 1.11 bits per heavy atom. The summed E-state index contributed by atoms with van der Waals surface area (Å²) < 4.78 is 0. The molecule has 0 amide bonds. The van der Waals surface area contributed by atoms with E-state index in [1.807, 2.05) is 6.07 Å². The Morgan fingerprint density at radius 2 is 1.83 bits per heavy atom. The molecule has 2 rings (SSSR count). The maximum atomic E-state index is 5.54. The van der Waals surface area contributed by atoms with Crippen LogP contribution in [0.1, 0.15) is 30.9 Å². The molecular formula is C15H19N3. The van der Waals surface area contributed by atoms with Crippen LogP contribution in [0.15, 0.2) is 42.6 Å². The first kappa shape index (κ1) is 12.4. The van der Waals surface area contributed by atoms with Crippen LogP contribution in [0.4, 0.5) is 11.5 Å². The molecule has 0 aliphatic carbocycles. The first-order valence-electron chi connectivity index (χ1n) is 6.19. The second kappa shape index (κ2) is 5.54. The number of anilines is 2. The minimum Gasteiger partial charge on any atom is -0.384 e. The summed E-state index contributed by atoms with van der Waals surface area (Å²) in [7, 11) is 0. The number of nitrogen functional groups attached to an aromatic ring is 1. The lowest BCUT2D eigenvalue weighted by Crippen LogP contribution is -2.00. The minimum atomic E-state index is 0.543. The molecule has 18 heavy (non-hydrogen) atoms. The SMILES string of the molecule is CC(C)c1ccc(CNc2ccc(N)nc2)cc1. The first-order chi connectivity index (χ1) is 8.65. The molecule has 0 bridgehead atoms. The zero-order chi connectivity index (χ0) is 13.0. The molecule has 0 fully saturated rings. The second-order valence-electron chi connectivity index (χ2n) is 4.72. The monoisotopic (exact) mass is 241 g/mol. The highest BCUT2D eigenvalue weighted by atomic mass is 14.9. The fraction of sp³-hybridized carbons (Fsp3) is 0.267. The highest BCUT2D eigenvalue weighted by Gasteiger charge is 1.99. The number of rotatable bonds is 4. The van der Waals surface area contributed by atoms with Gasteiger partial charge in [0.1, 0.15) is 5.82 Å². The topological polar surface area (TPSA) is 50.9 Å². The molecule has 0 atom stereocenters. The van der Waals surface area contributed by atoms with Gasteiger partial charge in [0.25, 0.3) is 0 Å². The van der Waals surface area contributed by atoms with Gasteiger partial charge in [0, 0.05) is 6.54 Å². The molecule has 0 radical (unpaired) electrons. The van der Waals surface area contributed by atoms with Crippen LogP contribution in [-0.4, -0.2) is 4.98 Å². The van der Waals surface area contributed by atoms with E-state index < -0.39 is 0 Å². The maximum absolute atomic E-state index is 5.54. The fourth-order valence-electron chi connectivity index (χ4n) is 1.73. The third-order valence-corrected chi connectivity index (χ3v) is 2.93. The summed E-state index contributed by atoms with van der Waals surface area (Å²) in [4.78, 5) is 4.04. The van der Waals surface area contributed by atoms with Crippen LogP contribution in [0.5, 0.6) is 0 Å². The largest absolute Gasteiger partial charge is 0.384 e. The Balaban J connectivity index is 1.95. The number of nitrogens with one attached hydrogen (secondary N) is 1. The van der Waals surface area contributed by atoms with Crippen molar-refractivity contribution in [3.05, 3.63) is 53.7 Å². The number of benzene rings is 1. The molecule has 3 heteroatoms. The summed E-state index contributed by atoms with van der Waals surface area (Å²) >= 11 is 0. The molecule has 1 heterocycles. The second-order valence-corrected chi connectivity index (χ2v) is 4.72. The van der Waals surface area contributed by atoms with Crippen LogP contribution in [0.25, 0.3) is 0 Å². The Hall–Kier alpha value is -2.03. The van der Waals surface area contributed by atoms with Gasteiger partial charge in [0.15, 0.2) is 0 Å². The van der Waals surface area contributed by atoms with Crippen LogP contribution in [-0.2, 0) is 6.54 Å². The van der Waals surface area contributed by atoms with Crippen molar-refractivity contribution in [2.45, 2.75) is 26.3 Å². The van der Waals surface area contributed by atoms with Gasteiger partial charge in [-0.05, 0) is 29.2 Å². The number of nitrogens with zero attached hydrogens (tertiary/aromatic N) is 1. The van der Waals surface area contributed by atoms with E-state index in [9.17, 15) is 0 Å². The summed E-state index contributed by atoms with van der Waals surface area (Å²) in [5.74, 6) is 1.12. The van der Waals surface area contributed by atoms with Gasteiger partial charge in [-0.15, -0.1) is 0 Å². The average molecular weight is 241 g/mol. The normalized spacial score (nSPS) is 10.6. The van der Waals surface area contributed by atoms with E-state index in [0.29, 0.717) is 11.7 Å².